The van der Waals surface area contributed by atoms with Crippen LogP contribution in [0.3, 0.4) is 0 Å². The predicted molar refractivity (Wildman–Crippen MR) is 103 cm³/mol. The molecule has 0 aliphatic rings. The number of para-hydroxylation sites is 1. The molecule has 0 aliphatic heterocycles. The SMILES string of the molecule is Cc1noc(C)c1COc1ccccc1C(=O)OCC(=O)NC(=O)NCC(C)C. The molecule has 0 saturated carbocycles. The smallest absolute Gasteiger partial charge is 0.342 e. The van der Waals surface area contributed by atoms with E-state index in [1.54, 1.807) is 32.0 Å². The van der Waals surface area contributed by atoms with E-state index in [2.05, 4.69) is 15.8 Å². The number of hydrogen-bond acceptors (Lipinski definition) is 7. The van der Waals surface area contributed by atoms with E-state index >= 15 is 0 Å². The average molecular weight is 403 g/mol. The van der Waals surface area contributed by atoms with Gasteiger partial charge in [-0.2, -0.15) is 0 Å². The molecule has 9 nitrogen and oxygen atoms in total. The van der Waals surface area contributed by atoms with E-state index < -0.39 is 24.5 Å². The van der Waals surface area contributed by atoms with Gasteiger partial charge in [-0.25, -0.2) is 9.59 Å². The zero-order valence-electron chi connectivity index (χ0n) is 16.9. The van der Waals surface area contributed by atoms with Gasteiger partial charge < -0.3 is 19.3 Å². The molecular formula is C20H25N3O6. The van der Waals surface area contributed by atoms with E-state index in [0.717, 1.165) is 5.56 Å². The molecule has 1 aromatic carbocycles. The fourth-order valence-corrected chi connectivity index (χ4v) is 2.33. The van der Waals surface area contributed by atoms with Gasteiger partial charge in [-0.1, -0.05) is 31.1 Å². The number of aromatic nitrogens is 1. The fraction of sp³-hybridized carbons (Fsp3) is 0.400. The summed E-state index contributed by atoms with van der Waals surface area (Å²) in [5, 5.41) is 8.49. The lowest BCUT2D eigenvalue weighted by Crippen LogP contribution is -2.42. The number of rotatable bonds is 8. The summed E-state index contributed by atoms with van der Waals surface area (Å²) in [6.45, 7) is 7.42. The molecule has 0 fully saturated rings. The number of carbonyl (C=O) groups excluding carboxylic acids is 3. The third kappa shape index (κ3) is 6.63. The number of nitrogens with one attached hydrogen (secondary N) is 2. The number of urea groups is 1. The number of ether oxygens (including phenoxy) is 2. The summed E-state index contributed by atoms with van der Waals surface area (Å²) in [6, 6.07) is 5.87. The van der Waals surface area contributed by atoms with Crippen molar-refractivity contribution >= 4 is 17.9 Å². The zero-order valence-corrected chi connectivity index (χ0v) is 16.9. The summed E-state index contributed by atoms with van der Waals surface area (Å²) in [5.41, 5.74) is 1.66. The number of hydrogen-bond donors (Lipinski definition) is 2. The lowest BCUT2D eigenvalue weighted by Gasteiger charge is -2.11. The van der Waals surface area contributed by atoms with Crippen LogP contribution in [-0.2, 0) is 16.1 Å². The van der Waals surface area contributed by atoms with E-state index in [1.807, 2.05) is 13.8 Å². The monoisotopic (exact) mass is 403 g/mol. The molecule has 0 aliphatic carbocycles. The number of nitrogens with zero attached hydrogens (tertiary/aromatic N) is 1. The van der Waals surface area contributed by atoms with Gasteiger partial charge in [0, 0.05) is 6.54 Å². The highest BCUT2D eigenvalue weighted by Crippen LogP contribution is 2.22. The standard InChI is InChI=1S/C20H25N3O6/c1-12(2)9-21-20(26)22-18(24)11-28-19(25)15-7-5-6-8-17(15)27-10-16-13(3)23-29-14(16)4/h5-8,12H,9-11H2,1-4H3,(H2,21,22,24,26). The van der Waals surface area contributed by atoms with Crippen molar-refractivity contribution in [1.82, 2.24) is 15.8 Å². The van der Waals surface area contributed by atoms with E-state index in [-0.39, 0.29) is 18.1 Å². The molecule has 0 saturated heterocycles. The van der Waals surface area contributed by atoms with Crippen molar-refractivity contribution in [3.63, 3.8) is 0 Å². The maximum atomic E-state index is 12.4. The van der Waals surface area contributed by atoms with Crippen molar-refractivity contribution in [3.05, 3.63) is 46.8 Å². The minimum atomic E-state index is -0.739. The van der Waals surface area contributed by atoms with Crippen molar-refractivity contribution in [2.24, 2.45) is 5.92 Å². The highest BCUT2D eigenvalue weighted by atomic mass is 16.5. The van der Waals surface area contributed by atoms with E-state index in [1.165, 1.54) is 6.07 Å². The Morgan fingerprint density at radius 3 is 2.55 bits per heavy atom. The van der Waals surface area contributed by atoms with Crippen molar-refractivity contribution < 1.29 is 28.4 Å². The van der Waals surface area contributed by atoms with Crippen LogP contribution < -0.4 is 15.4 Å². The maximum absolute atomic E-state index is 12.4. The molecule has 9 heteroatoms. The molecule has 29 heavy (non-hydrogen) atoms. The lowest BCUT2D eigenvalue weighted by molar-refractivity contribution is -0.123. The normalized spacial score (nSPS) is 10.5. The summed E-state index contributed by atoms with van der Waals surface area (Å²) in [7, 11) is 0. The topological polar surface area (TPSA) is 120 Å². The first-order valence-electron chi connectivity index (χ1n) is 9.16. The second-order valence-corrected chi connectivity index (χ2v) is 6.82. The first kappa shape index (κ1) is 21.9. The molecule has 2 N–H and O–H groups in total. The first-order valence-corrected chi connectivity index (χ1v) is 9.16. The van der Waals surface area contributed by atoms with Crippen molar-refractivity contribution in [1.29, 1.82) is 0 Å². The van der Waals surface area contributed by atoms with Crippen LogP contribution in [0.15, 0.2) is 28.8 Å². The Bertz CT molecular complexity index is 855. The van der Waals surface area contributed by atoms with Crippen LogP contribution >= 0.6 is 0 Å². The molecule has 1 heterocycles. The van der Waals surface area contributed by atoms with Crippen molar-refractivity contribution in [2.45, 2.75) is 34.3 Å². The van der Waals surface area contributed by atoms with Crippen LogP contribution in [0.5, 0.6) is 5.75 Å². The summed E-state index contributed by atoms with van der Waals surface area (Å²) in [5.74, 6) is -0.288. The number of benzene rings is 1. The summed E-state index contributed by atoms with van der Waals surface area (Å²) >= 11 is 0. The van der Waals surface area contributed by atoms with Crippen molar-refractivity contribution in [3.8, 4) is 5.75 Å². The second kappa shape index (κ2) is 10.3. The summed E-state index contributed by atoms with van der Waals surface area (Å²) in [4.78, 5) is 35.7. The number of carbonyl (C=O) groups is 3. The van der Waals surface area contributed by atoms with E-state index in [0.29, 0.717) is 23.7 Å². The molecule has 2 rings (SSSR count). The highest BCUT2D eigenvalue weighted by Gasteiger charge is 2.17. The largest absolute Gasteiger partial charge is 0.488 e. The Labute approximate surface area is 168 Å². The molecule has 0 radical (unpaired) electrons. The van der Waals surface area contributed by atoms with Gasteiger partial charge in [-0.15, -0.1) is 0 Å². The molecule has 156 valence electrons. The van der Waals surface area contributed by atoms with Gasteiger partial charge in [0.05, 0.1) is 11.3 Å². The van der Waals surface area contributed by atoms with Crippen LogP contribution in [0, 0.1) is 19.8 Å². The van der Waals surface area contributed by atoms with Gasteiger partial charge in [0.15, 0.2) is 6.61 Å². The molecule has 0 spiro atoms. The van der Waals surface area contributed by atoms with Crippen LogP contribution in [0.25, 0.3) is 0 Å². The molecule has 3 amide bonds. The third-order valence-electron chi connectivity index (χ3n) is 3.92. The predicted octanol–water partition coefficient (Wildman–Crippen LogP) is 2.51. The third-order valence-corrected chi connectivity index (χ3v) is 3.92. The minimum absolute atomic E-state index is 0.163. The zero-order chi connectivity index (χ0) is 21.4. The fourth-order valence-electron chi connectivity index (χ4n) is 2.33. The van der Waals surface area contributed by atoms with Crippen LogP contribution in [0.4, 0.5) is 4.79 Å². The second-order valence-electron chi connectivity index (χ2n) is 6.82. The molecule has 0 unspecified atom stereocenters. The quantitative estimate of drug-likeness (QED) is 0.650. The Morgan fingerprint density at radius 2 is 1.90 bits per heavy atom. The van der Waals surface area contributed by atoms with Gasteiger partial charge in [-0.3, -0.25) is 10.1 Å². The Kier molecular flexibility index (Phi) is 7.76. The molecule has 1 aromatic heterocycles. The van der Waals surface area contributed by atoms with E-state index in [9.17, 15) is 14.4 Å². The Morgan fingerprint density at radius 1 is 1.17 bits per heavy atom. The summed E-state index contributed by atoms with van der Waals surface area (Å²) in [6.07, 6.45) is 0. The maximum Gasteiger partial charge on any atom is 0.342 e. The van der Waals surface area contributed by atoms with E-state index in [4.69, 9.17) is 14.0 Å². The van der Waals surface area contributed by atoms with Gasteiger partial charge in [0.1, 0.15) is 23.7 Å². The lowest BCUT2D eigenvalue weighted by atomic mass is 10.2. The number of esters is 1. The summed E-state index contributed by atoms with van der Waals surface area (Å²) < 4.78 is 15.8. The van der Waals surface area contributed by atoms with Gasteiger partial charge >= 0.3 is 12.0 Å². The molecule has 0 atom stereocenters. The van der Waals surface area contributed by atoms with Gasteiger partial charge in [-0.05, 0) is 31.9 Å². The number of amides is 3. The van der Waals surface area contributed by atoms with Crippen LogP contribution in [0.2, 0.25) is 0 Å². The highest BCUT2D eigenvalue weighted by molar-refractivity contribution is 5.97. The van der Waals surface area contributed by atoms with Gasteiger partial charge in [0.2, 0.25) is 0 Å². The van der Waals surface area contributed by atoms with Crippen LogP contribution in [0.1, 0.15) is 41.2 Å². The minimum Gasteiger partial charge on any atom is -0.488 e. The average Bonchev–Trinajstić information content (AvgIpc) is 3.00. The number of imide groups is 1. The van der Waals surface area contributed by atoms with Crippen LogP contribution in [-0.4, -0.2) is 36.2 Å². The Balaban J connectivity index is 1.91. The molecule has 2 aromatic rings. The number of aryl methyl sites for hydroxylation is 2. The van der Waals surface area contributed by atoms with Gasteiger partial charge in [0.25, 0.3) is 5.91 Å². The molecule has 0 bridgehead atoms. The van der Waals surface area contributed by atoms with Crippen molar-refractivity contribution in [2.75, 3.05) is 13.2 Å². The first-order chi connectivity index (χ1) is 13.8. The molecular weight excluding hydrogens is 378 g/mol. The Hall–Kier alpha value is -3.36.